The van der Waals surface area contributed by atoms with Gasteiger partial charge >= 0.3 is 0 Å². The molecule has 3 nitrogen and oxygen atoms in total. The standard InChI is InChI=1S/C6H11N3/c1-5-8-6(2,3)4-7-9-5/h4H,1-3H3,(H,8,9). The van der Waals surface area contributed by atoms with Gasteiger partial charge in [-0.2, -0.15) is 5.10 Å². The second-order valence-corrected chi connectivity index (χ2v) is 2.72. The predicted molar refractivity (Wildman–Crippen MR) is 38.8 cm³/mol. The molecular formula is C6H11N3. The van der Waals surface area contributed by atoms with Crippen molar-refractivity contribution >= 4 is 12.1 Å². The van der Waals surface area contributed by atoms with Crippen molar-refractivity contribution in [2.75, 3.05) is 0 Å². The first-order valence-electron chi connectivity index (χ1n) is 2.97. The molecule has 0 spiro atoms. The first-order valence-corrected chi connectivity index (χ1v) is 2.97. The highest BCUT2D eigenvalue weighted by molar-refractivity contribution is 5.86. The molecule has 0 saturated carbocycles. The zero-order chi connectivity index (χ0) is 6.91. The van der Waals surface area contributed by atoms with Crippen molar-refractivity contribution in [3.05, 3.63) is 0 Å². The Hall–Kier alpha value is -0.860. The topological polar surface area (TPSA) is 36.8 Å². The molecule has 3 heteroatoms. The largest absolute Gasteiger partial charge is 0.266 e. The van der Waals surface area contributed by atoms with E-state index >= 15 is 0 Å². The van der Waals surface area contributed by atoms with Crippen LogP contribution in [0.15, 0.2) is 10.1 Å². The molecular weight excluding hydrogens is 114 g/mol. The molecule has 0 amide bonds. The van der Waals surface area contributed by atoms with Crippen LogP contribution in [-0.4, -0.2) is 17.6 Å². The third-order valence-electron chi connectivity index (χ3n) is 1.06. The molecule has 1 rings (SSSR count). The first-order chi connectivity index (χ1) is 4.10. The van der Waals surface area contributed by atoms with E-state index < -0.39 is 0 Å². The number of amidine groups is 1. The fourth-order valence-electron chi connectivity index (χ4n) is 0.770. The summed E-state index contributed by atoms with van der Waals surface area (Å²) in [6.07, 6.45) is 1.79. The van der Waals surface area contributed by atoms with Crippen LogP contribution in [-0.2, 0) is 0 Å². The van der Waals surface area contributed by atoms with Crippen molar-refractivity contribution in [3.63, 3.8) is 0 Å². The quantitative estimate of drug-likeness (QED) is 0.510. The van der Waals surface area contributed by atoms with Crippen molar-refractivity contribution in [2.45, 2.75) is 26.3 Å². The van der Waals surface area contributed by atoms with E-state index in [9.17, 15) is 0 Å². The van der Waals surface area contributed by atoms with Gasteiger partial charge in [0, 0.05) is 0 Å². The average molecular weight is 125 g/mol. The van der Waals surface area contributed by atoms with Gasteiger partial charge in [-0.05, 0) is 20.8 Å². The maximum Gasteiger partial charge on any atom is 0.114 e. The third kappa shape index (κ3) is 1.52. The molecule has 0 unspecified atom stereocenters. The van der Waals surface area contributed by atoms with Crippen molar-refractivity contribution in [1.82, 2.24) is 5.43 Å². The molecule has 1 N–H and O–H groups in total. The minimum Gasteiger partial charge on any atom is -0.266 e. The summed E-state index contributed by atoms with van der Waals surface area (Å²) in [5.74, 6) is 0.877. The number of aliphatic imine (C=N–C) groups is 1. The maximum absolute atomic E-state index is 4.27. The lowest BCUT2D eigenvalue weighted by Gasteiger charge is -2.18. The molecule has 0 aromatic rings. The molecule has 0 fully saturated rings. The SMILES string of the molecule is CC1=NC(C)(C)C=NN1. The van der Waals surface area contributed by atoms with Crippen molar-refractivity contribution in [1.29, 1.82) is 0 Å². The van der Waals surface area contributed by atoms with E-state index in [0.29, 0.717) is 0 Å². The number of nitrogens with zero attached hydrogens (tertiary/aromatic N) is 2. The smallest absolute Gasteiger partial charge is 0.114 e. The zero-order valence-electron chi connectivity index (χ0n) is 5.97. The summed E-state index contributed by atoms with van der Waals surface area (Å²) in [7, 11) is 0. The second kappa shape index (κ2) is 1.83. The lowest BCUT2D eigenvalue weighted by Crippen LogP contribution is -2.31. The van der Waals surface area contributed by atoms with Gasteiger partial charge in [0.1, 0.15) is 5.84 Å². The summed E-state index contributed by atoms with van der Waals surface area (Å²) < 4.78 is 0. The molecule has 0 aromatic heterocycles. The fourth-order valence-corrected chi connectivity index (χ4v) is 0.770. The molecule has 0 aliphatic carbocycles. The van der Waals surface area contributed by atoms with E-state index in [2.05, 4.69) is 15.5 Å². The van der Waals surface area contributed by atoms with Crippen LogP contribution >= 0.6 is 0 Å². The number of hydrazone groups is 1. The van der Waals surface area contributed by atoms with Gasteiger partial charge in [-0.15, -0.1) is 0 Å². The number of hydrogen-bond acceptors (Lipinski definition) is 3. The summed E-state index contributed by atoms with van der Waals surface area (Å²) in [6, 6.07) is 0. The van der Waals surface area contributed by atoms with E-state index in [-0.39, 0.29) is 5.54 Å². The van der Waals surface area contributed by atoms with E-state index in [1.807, 2.05) is 20.8 Å². The molecule has 50 valence electrons. The van der Waals surface area contributed by atoms with Crippen molar-refractivity contribution in [3.8, 4) is 0 Å². The maximum atomic E-state index is 4.27. The lowest BCUT2D eigenvalue weighted by atomic mass is 10.1. The average Bonchev–Trinajstić information content (AvgIpc) is 1.60. The summed E-state index contributed by atoms with van der Waals surface area (Å²) in [5.41, 5.74) is 2.64. The highest BCUT2D eigenvalue weighted by atomic mass is 15.3. The van der Waals surface area contributed by atoms with Gasteiger partial charge in [0.25, 0.3) is 0 Å². The molecule has 0 atom stereocenters. The summed E-state index contributed by atoms with van der Waals surface area (Å²) >= 11 is 0. The van der Waals surface area contributed by atoms with Gasteiger partial charge in [-0.3, -0.25) is 10.4 Å². The fraction of sp³-hybridized carbons (Fsp3) is 0.667. The van der Waals surface area contributed by atoms with Gasteiger partial charge < -0.3 is 0 Å². The van der Waals surface area contributed by atoms with Gasteiger partial charge in [0.2, 0.25) is 0 Å². The van der Waals surface area contributed by atoms with Gasteiger partial charge in [-0.1, -0.05) is 0 Å². The highest BCUT2D eigenvalue weighted by Gasteiger charge is 2.15. The Morgan fingerprint density at radius 2 is 2.22 bits per heavy atom. The summed E-state index contributed by atoms with van der Waals surface area (Å²) in [6.45, 7) is 5.93. The zero-order valence-corrected chi connectivity index (χ0v) is 5.97. The van der Waals surface area contributed by atoms with Crippen LogP contribution in [0.4, 0.5) is 0 Å². The molecule has 1 aliphatic heterocycles. The van der Waals surface area contributed by atoms with Crippen LogP contribution in [0.25, 0.3) is 0 Å². The van der Waals surface area contributed by atoms with Crippen LogP contribution in [0.2, 0.25) is 0 Å². The van der Waals surface area contributed by atoms with E-state index in [0.717, 1.165) is 5.84 Å². The van der Waals surface area contributed by atoms with Crippen LogP contribution in [0, 0.1) is 0 Å². The first kappa shape index (κ1) is 6.26. The monoisotopic (exact) mass is 125 g/mol. The van der Waals surface area contributed by atoms with Gasteiger partial charge in [0.15, 0.2) is 0 Å². The Balaban J connectivity index is 2.78. The predicted octanol–water partition coefficient (Wildman–Crippen LogP) is 0.772. The van der Waals surface area contributed by atoms with E-state index in [1.54, 1.807) is 6.21 Å². The second-order valence-electron chi connectivity index (χ2n) is 2.72. The Morgan fingerprint density at radius 3 is 2.56 bits per heavy atom. The third-order valence-corrected chi connectivity index (χ3v) is 1.06. The Bertz CT molecular complexity index is 167. The van der Waals surface area contributed by atoms with Crippen LogP contribution in [0.3, 0.4) is 0 Å². The Labute approximate surface area is 54.9 Å². The molecule has 0 bridgehead atoms. The van der Waals surface area contributed by atoms with Crippen molar-refractivity contribution < 1.29 is 0 Å². The highest BCUT2D eigenvalue weighted by Crippen LogP contribution is 2.07. The number of hydrogen-bond donors (Lipinski definition) is 1. The number of nitrogens with one attached hydrogen (secondary N) is 1. The lowest BCUT2D eigenvalue weighted by molar-refractivity contribution is 0.685. The minimum atomic E-state index is -0.116. The molecule has 1 heterocycles. The summed E-state index contributed by atoms with van der Waals surface area (Å²) in [4.78, 5) is 4.27. The molecule has 1 aliphatic rings. The Kier molecular flexibility index (Phi) is 1.27. The molecule has 0 radical (unpaired) electrons. The minimum absolute atomic E-state index is 0.116. The van der Waals surface area contributed by atoms with Crippen LogP contribution in [0.1, 0.15) is 20.8 Å². The Morgan fingerprint density at radius 1 is 1.56 bits per heavy atom. The van der Waals surface area contributed by atoms with Gasteiger partial charge in [0.05, 0.1) is 11.8 Å². The van der Waals surface area contributed by atoms with Crippen molar-refractivity contribution in [2.24, 2.45) is 10.1 Å². The summed E-state index contributed by atoms with van der Waals surface area (Å²) in [5, 5.41) is 3.91. The van der Waals surface area contributed by atoms with Crippen LogP contribution < -0.4 is 5.43 Å². The normalized spacial score (nSPS) is 22.8. The van der Waals surface area contributed by atoms with Gasteiger partial charge in [-0.25, -0.2) is 0 Å². The number of rotatable bonds is 0. The molecule has 9 heavy (non-hydrogen) atoms. The van der Waals surface area contributed by atoms with Crippen LogP contribution in [0.5, 0.6) is 0 Å². The molecule has 0 aromatic carbocycles. The van der Waals surface area contributed by atoms with E-state index in [4.69, 9.17) is 0 Å². The van der Waals surface area contributed by atoms with E-state index in [1.165, 1.54) is 0 Å². The molecule has 0 saturated heterocycles.